The van der Waals surface area contributed by atoms with Crippen LogP contribution in [0.2, 0.25) is 0 Å². The molecule has 0 radical (unpaired) electrons. The summed E-state index contributed by atoms with van der Waals surface area (Å²) in [5.74, 6) is -3.29. The van der Waals surface area contributed by atoms with Crippen molar-refractivity contribution in [2.75, 3.05) is 26.8 Å². The number of halogens is 2. The van der Waals surface area contributed by atoms with Gasteiger partial charge in [-0.15, -0.1) is 0 Å². The van der Waals surface area contributed by atoms with Gasteiger partial charge < -0.3 is 20.1 Å². The standard InChI is InChI=1S/C21H23F2N3O6S/c1-31-16-6-3-14(4-7-16)12-24-20(27)21(28)25-13-19-26(9-2-10-32-19)33(29,30)18-11-15(22)5-8-17(18)23/h3-8,11,19H,2,9-10,12-13H2,1H3,(H,24,27)(H,25,28). The van der Waals surface area contributed by atoms with Crippen LogP contribution in [0, 0.1) is 11.6 Å². The van der Waals surface area contributed by atoms with Crippen LogP contribution in [0.3, 0.4) is 0 Å². The van der Waals surface area contributed by atoms with Crippen LogP contribution in [0.5, 0.6) is 5.75 Å². The molecule has 0 spiro atoms. The minimum Gasteiger partial charge on any atom is -0.497 e. The summed E-state index contributed by atoms with van der Waals surface area (Å²) in [5.41, 5.74) is 0.738. The molecule has 1 unspecified atom stereocenters. The van der Waals surface area contributed by atoms with E-state index in [0.717, 1.165) is 22.0 Å². The number of rotatable bonds is 7. The molecule has 0 aromatic heterocycles. The van der Waals surface area contributed by atoms with Crippen LogP contribution >= 0.6 is 0 Å². The van der Waals surface area contributed by atoms with Crippen LogP contribution in [0.15, 0.2) is 47.4 Å². The molecule has 33 heavy (non-hydrogen) atoms. The van der Waals surface area contributed by atoms with Crippen LogP contribution in [-0.4, -0.2) is 57.6 Å². The van der Waals surface area contributed by atoms with Crippen molar-refractivity contribution < 1.29 is 36.3 Å². The third-order valence-corrected chi connectivity index (χ3v) is 6.79. The molecule has 12 heteroatoms. The SMILES string of the molecule is COc1ccc(CNC(=O)C(=O)NCC2OCCCN2S(=O)(=O)c2cc(F)ccc2F)cc1. The maximum atomic E-state index is 14.1. The number of benzene rings is 2. The lowest BCUT2D eigenvalue weighted by molar-refractivity contribution is -0.140. The Bertz CT molecular complexity index is 1110. The van der Waals surface area contributed by atoms with Crippen LogP contribution in [-0.2, 0) is 30.9 Å². The van der Waals surface area contributed by atoms with E-state index >= 15 is 0 Å². The van der Waals surface area contributed by atoms with Gasteiger partial charge in [-0.1, -0.05) is 12.1 Å². The summed E-state index contributed by atoms with van der Waals surface area (Å²) in [6.07, 6.45) is -0.868. The fourth-order valence-electron chi connectivity index (χ4n) is 3.17. The Hall–Kier alpha value is -3.09. The summed E-state index contributed by atoms with van der Waals surface area (Å²) in [6.45, 7) is -0.0924. The quantitative estimate of drug-likeness (QED) is 0.571. The van der Waals surface area contributed by atoms with Gasteiger partial charge in [0.15, 0.2) is 0 Å². The molecule has 0 saturated carbocycles. The molecule has 2 aromatic rings. The van der Waals surface area contributed by atoms with Gasteiger partial charge in [0.1, 0.15) is 28.5 Å². The predicted octanol–water partition coefficient (Wildman–Crippen LogP) is 1.14. The number of nitrogens with zero attached hydrogens (tertiary/aromatic N) is 1. The molecule has 1 heterocycles. The average Bonchev–Trinajstić information content (AvgIpc) is 2.82. The monoisotopic (exact) mass is 483 g/mol. The van der Waals surface area contributed by atoms with Crippen molar-refractivity contribution in [2.45, 2.75) is 24.1 Å². The second kappa shape index (κ2) is 10.7. The van der Waals surface area contributed by atoms with E-state index in [0.29, 0.717) is 18.2 Å². The number of ether oxygens (including phenoxy) is 2. The van der Waals surface area contributed by atoms with E-state index in [-0.39, 0.29) is 26.2 Å². The molecule has 0 aliphatic carbocycles. The second-order valence-corrected chi connectivity index (χ2v) is 8.97. The molecule has 2 amide bonds. The Kier molecular flexibility index (Phi) is 7.95. The lowest BCUT2D eigenvalue weighted by Gasteiger charge is -2.34. The van der Waals surface area contributed by atoms with Gasteiger partial charge in [0.05, 0.1) is 20.3 Å². The van der Waals surface area contributed by atoms with Gasteiger partial charge in [0, 0.05) is 13.1 Å². The molecule has 1 atom stereocenters. The molecule has 0 bridgehead atoms. The highest BCUT2D eigenvalue weighted by Gasteiger charge is 2.36. The first-order chi connectivity index (χ1) is 15.7. The van der Waals surface area contributed by atoms with Crippen molar-refractivity contribution in [3.63, 3.8) is 0 Å². The molecular weight excluding hydrogens is 460 g/mol. The van der Waals surface area contributed by atoms with E-state index in [9.17, 15) is 26.8 Å². The van der Waals surface area contributed by atoms with Crippen molar-refractivity contribution in [1.29, 1.82) is 0 Å². The minimum atomic E-state index is -4.45. The summed E-state index contributed by atoms with van der Waals surface area (Å²) in [4.78, 5) is 23.4. The molecule has 2 N–H and O–H groups in total. The highest BCUT2D eigenvalue weighted by Crippen LogP contribution is 2.24. The Balaban J connectivity index is 1.60. The third kappa shape index (κ3) is 6.03. The second-order valence-electron chi connectivity index (χ2n) is 7.11. The van der Waals surface area contributed by atoms with Gasteiger partial charge in [-0.25, -0.2) is 17.2 Å². The van der Waals surface area contributed by atoms with Crippen molar-refractivity contribution in [3.05, 3.63) is 59.7 Å². The molecule has 1 fully saturated rings. The van der Waals surface area contributed by atoms with Gasteiger partial charge in [0.25, 0.3) is 0 Å². The Morgan fingerprint density at radius 2 is 1.82 bits per heavy atom. The van der Waals surface area contributed by atoms with Gasteiger partial charge in [-0.2, -0.15) is 4.31 Å². The zero-order chi connectivity index (χ0) is 24.0. The molecule has 178 valence electrons. The molecular formula is C21H23F2N3O6S. The summed E-state index contributed by atoms with van der Waals surface area (Å²) in [5, 5.41) is 4.77. The van der Waals surface area contributed by atoms with Crippen LogP contribution in [0.1, 0.15) is 12.0 Å². The van der Waals surface area contributed by atoms with Gasteiger partial charge in [-0.05, 0) is 42.3 Å². The molecule has 1 aliphatic rings. The summed E-state index contributed by atoms with van der Waals surface area (Å²) >= 11 is 0. The Labute approximate surface area is 189 Å². The lowest BCUT2D eigenvalue weighted by atomic mass is 10.2. The average molecular weight is 483 g/mol. The number of carbonyl (C=O) groups is 2. The number of hydrogen-bond donors (Lipinski definition) is 2. The largest absolute Gasteiger partial charge is 0.497 e. The zero-order valence-electron chi connectivity index (χ0n) is 17.7. The number of hydrogen-bond acceptors (Lipinski definition) is 6. The fourth-order valence-corrected chi connectivity index (χ4v) is 4.81. The molecule has 2 aromatic carbocycles. The first kappa shape index (κ1) is 24.6. The van der Waals surface area contributed by atoms with E-state index in [1.54, 1.807) is 24.3 Å². The highest BCUT2D eigenvalue weighted by atomic mass is 32.2. The Morgan fingerprint density at radius 3 is 2.52 bits per heavy atom. The lowest BCUT2D eigenvalue weighted by Crippen LogP contribution is -2.53. The van der Waals surface area contributed by atoms with E-state index in [2.05, 4.69) is 10.6 Å². The molecule has 1 saturated heterocycles. The number of nitrogens with one attached hydrogen (secondary N) is 2. The normalized spacial score (nSPS) is 16.8. The maximum absolute atomic E-state index is 14.1. The summed E-state index contributed by atoms with van der Waals surface area (Å²) in [6, 6.07) is 8.97. The Morgan fingerprint density at radius 1 is 1.12 bits per heavy atom. The van der Waals surface area contributed by atoms with Crippen LogP contribution < -0.4 is 15.4 Å². The van der Waals surface area contributed by atoms with E-state index in [4.69, 9.17) is 9.47 Å². The van der Waals surface area contributed by atoms with Gasteiger partial charge in [0.2, 0.25) is 10.0 Å². The molecule has 1 aliphatic heterocycles. The van der Waals surface area contributed by atoms with Crippen molar-refractivity contribution in [3.8, 4) is 5.75 Å². The topological polar surface area (TPSA) is 114 Å². The summed E-state index contributed by atoms with van der Waals surface area (Å²) < 4.78 is 64.7. The number of sulfonamides is 1. The molecule has 3 rings (SSSR count). The zero-order valence-corrected chi connectivity index (χ0v) is 18.5. The van der Waals surface area contributed by atoms with Crippen LogP contribution in [0.25, 0.3) is 0 Å². The third-order valence-electron chi connectivity index (χ3n) is 4.89. The van der Waals surface area contributed by atoms with E-state index in [1.165, 1.54) is 7.11 Å². The first-order valence-electron chi connectivity index (χ1n) is 10.00. The van der Waals surface area contributed by atoms with Gasteiger partial charge >= 0.3 is 11.8 Å². The van der Waals surface area contributed by atoms with Crippen molar-refractivity contribution in [2.24, 2.45) is 0 Å². The number of methoxy groups -OCH3 is 1. The first-order valence-corrected chi connectivity index (χ1v) is 11.4. The smallest absolute Gasteiger partial charge is 0.309 e. The van der Waals surface area contributed by atoms with Crippen molar-refractivity contribution in [1.82, 2.24) is 14.9 Å². The predicted molar refractivity (Wildman–Crippen MR) is 112 cm³/mol. The van der Waals surface area contributed by atoms with Gasteiger partial charge in [-0.3, -0.25) is 9.59 Å². The van der Waals surface area contributed by atoms with E-state index < -0.39 is 44.6 Å². The minimum absolute atomic E-state index is 0.0253. The number of amides is 2. The number of carbonyl (C=O) groups excluding carboxylic acids is 2. The highest BCUT2D eigenvalue weighted by molar-refractivity contribution is 7.89. The van der Waals surface area contributed by atoms with Crippen molar-refractivity contribution >= 4 is 21.8 Å². The fraction of sp³-hybridized carbons (Fsp3) is 0.333. The summed E-state index contributed by atoms with van der Waals surface area (Å²) in [7, 11) is -2.93. The molecule has 9 nitrogen and oxygen atoms in total. The van der Waals surface area contributed by atoms with Crippen LogP contribution in [0.4, 0.5) is 8.78 Å². The maximum Gasteiger partial charge on any atom is 0.309 e. The van der Waals surface area contributed by atoms with E-state index in [1.807, 2.05) is 0 Å².